The van der Waals surface area contributed by atoms with E-state index in [9.17, 15) is 4.79 Å². The molecule has 1 heterocycles. The number of benzene rings is 2. The van der Waals surface area contributed by atoms with Crippen LogP contribution in [-0.2, 0) is 11.3 Å². The van der Waals surface area contributed by atoms with Gasteiger partial charge < -0.3 is 10.1 Å². The summed E-state index contributed by atoms with van der Waals surface area (Å²) in [6, 6.07) is 18.4. The molecule has 1 amide bonds. The lowest BCUT2D eigenvalue weighted by Gasteiger charge is -2.10. The third-order valence-corrected chi connectivity index (χ3v) is 4.12. The SMILES string of the molecule is N#Cc1ccccc1OCC(=O)Nc1ccnn1Cc1ccc(Br)cc1. The molecule has 0 aliphatic heterocycles. The van der Waals surface area contributed by atoms with Crippen LogP contribution in [-0.4, -0.2) is 22.3 Å². The maximum absolute atomic E-state index is 12.2. The molecule has 0 aliphatic carbocycles. The summed E-state index contributed by atoms with van der Waals surface area (Å²) in [5.41, 5.74) is 1.45. The van der Waals surface area contributed by atoms with Gasteiger partial charge in [-0.2, -0.15) is 10.4 Å². The number of carbonyl (C=O) groups excluding carboxylic acids is 1. The maximum atomic E-state index is 12.2. The van der Waals surface area contributed by atoms with Gasteiger partial charge in [-0.05, 0) is 29.8 Å². The molecule has 6 nitrogen and oxygen atoms in total. The van der Waals surface area contributed by atoms with Crippen molar-refractivity contribution in [2.24, 2.45) is 0 Å². The van der Waals surface area contributed by atoms with E-state index in [1.165, 1.54) is 0 Å². The zero-order valence-electron chi connectivity index (χ0n) is 13.7. The largest absolute Gasteiger partial charge is 0.482 e. The Morgan fingerprint density at radius 3 is 2.73 bits per heavy atom. The van der Waals surface area contributed by atoms with Gasteiger partial charge in [0, 0.05) is 10.5 Å². The predicted octanol–water partition coefficient (Wildman–Crippen LogP) is 3.58. The zero-order valence-corrected chi connectivity index (χ0v) is 15.3. The highest BCUT2D eigenvalue weighted by Gasteiger charge is 2.10. The van der Waals surface area contributed by atoms with Gasteiger partial charge in [-0.1, -0.05) is 40.2 Å². The number of nitrogens with zero attached hydrogens (tertiary/aromatic N) is 3. The van der Waals surface area contributed by atoms with Gasteiger partial charge in [0.2, 0.25) is 0 Å². The molecule has 0 fully saturated rings. The average Bonchev–Trinajstić information content (AvgIpc) is 3.08. The number of amides is 1. The minimum absolute atomic E-state index is 0.192. The Bertz CT molecular complexity index is 945. The molecule has 0 spiro atoms. The normalized spacial score (nSPS) is 10.2. The number of rotatable bonds is 6. The molecule has 0 saturated heterocycles. The van der Waals surface area contributed by atoms with Gasteiger partial charge in [0.15, 0.2) is 6.61 Å². The number of hydrogen-bond acceptors (Lipinski definition) is 4. The minimum Gasteiger partial charge on any atom is -0.482 e. The standard InChI is InChI=1S/C19H15BrN4O2/c20-16-7-5-14(6-8-16)12-24-18(9-10-22-24)23-19(25)13-26-17-4-2-1-3-15(17)11-21/h1-10H,12-13H2,(H,23,25). The van der Waals surface area contributed by atoms with E-state index < -0.39 is 0 Å². The molecular weight excluding hydrogens is 396 g/mol. The molecule has 26 heavy (non-hydrogen) atoms. The van der Waals surface area contributed by atoms with E-state index in [1.54, 1.807) is 41.2 Å². The fraction of sp³-hybridized carbons (Fsp3) is 0.105. The molecule has 130 valence electrons. The summed E-state index contributed by atoms with van der Waals surface area (Å²) in [5.74, 6) is 0.638. The van der Waals surface area contributed by atoms with E-state index in [-0.39, 0.29) is 12.5 Å². The molecule has 0 aliphatic rings. The second-order valence-electron chi connectivity index (χ2n) is 5.45. The number of aromatic nitrogens is 2. The van der Waals surface area contributed by atoms with Crippen molar-refractivity contribution in [2.75, 3.05) is 11.9 Å². The molecule has 3 rings (SSSR count). The van der Waals surface area contributed by atoms with Crippen molar-refractivity contribution in [3.8, 4) is 11.8 Å². The van der Waals surface area contributed by atoms with E-state index in [2.05, 4.69) is 26.3 Å². The Hall–Kier alpha value is -3.11. The van der Waals surface area contributed by atoms with E-state index >= 15 is 0 Å². The molecule has 2 aromatic carbocycles. The summed E-state index contributed by atoms with van der Waals surface area (Å²) >= 11 is 3.40. The Morgan fingerprint density at radius 2 is 1.96 bits per heavy atom. The van der Waals surface area contributed by atoms with Crippen molar-refractivity contribution in [3.63, 3.8) is 0 Å². The number of nitriles is 1. The third-order valence-electron chi connectivity index (χ3n) is 3.60. The topological polar surface area (TPSA) is 79.9 Å². The van der Waals surface area contributed by atoms with Crippen molar-refractivity contribution in [1.29, 1.82) is 5.26 Å². The number of para-hydroxylation sites is 1. The summed E-state index contributed by atoms with van der Waals surface area (Å²) in [6.07, 6.45) is 1.63. The number of ether oxygens (including phenoxy) is 1. The van der Waals surface area contributed by atoms with Gasteiger partial charge in [-0.15, -0.1) is 0 Å². The van der Waals surface area contributed by atoms with Crippen molar-refractivity contribution < 1.29 is 9.53 Å². The molecule has 0 saturated carbocycles. The highest BCUT2D eigenvalue weighted by Crippen LogP contribution is 2.17. The summed E-state index contributed by atoms with van der Waals surface area (Å²) in [7, 11) is 0. The average molecular weight is 411 g/mol. The van der Waals surface area contributed by atoms with Gasteiger partial charge in [0.05, 0.1) is 18.3 Å². The van der Waals surface area contributed by atoms with Crippen LogP contribution in [0.25, 0.3) is 0 Å². The van der Waals surface area contributed by atoms with Crippen LogP contribution < -0.4 is 10.1 Å². The van der Waals surface area contributed by atoms with Crippen LogP contribution in [0.5, 0.6) is 5.75 Å². The summed E-state index contributed by atoms with van der Waals surface area (Å²) in [6.45, 7) is 0.343. The molecule has 0 atom stereocenters. The fourth-order valence-corrected chi connectivity index (χ4v) is 2.60. The number of anilines is 1. The molecule has 1 N–H and O–H groups in total. The van der Waals surface area contributed by atoms with Crippen LogP contribution in [0.4, 0.5) is 5.82 Å². The Balaban J connectivity index is 1.61. The van der Waals surface area contributed by atoms with Crippen LogP contribution in [0, 0.1) is 11.3 Å². The highest BCUT2D eigenvalue weighted by atomic mass is 79.9. The quantitative estimate of drug-likeness (QED) is 0.673. The second kappa shape index (κ2) is 8.32. The highest BCUT2D eigenvalue weighted by molar-refractivity contribution is 9.10. The van der Waals surface area contributed by atoms with E-state index in [1.807, 2.05) is 30.3 Å². The molecular formula is C19H15BrN4O2. The summed E-state index contributed by atoms with van der Waals surface area (Å²) in [5, 5.41) is 16.1. The maximum Gasteiger partial charge on any atom is 0.263 e. The van der Waals surface area contributed by atoms with Gasteiger partial charge in [-0.25, -0.2) is 4.68 Å². The van der Waals surface area contributed by atoms with Gasteiger partial charge in [0.25, 0.3) is 5.91 Å². The van der Waals surface area contributed by atoms with E-state index in [0.29, 0.717) is 23.7 Å². The molecule has 0 bridgehead atoms. The summed E-state index contributed by atoms with van der Waals surface area (Å²) in [4.78, 5) is 12.2. The second-order valence-corrected chi connectivity index (χ2v) is 6.36. The van der Waals surface area contributed by atoms with Gasteiger partial charge in [-0.3, -0.25) is 4.79 Å². The first-order valence-electron chi connectivity index (χ1n) is 7.84. The Morgan fingerprint density at radius 1 is 1.19 bits per heavy atom. The van der Waals surface area contributed by atoms with Crippen molar-refractivity contribution in [3.05, 3.63) is 76.4 Å². The van der Waals surface area contributed by atoms with Crippen LogP contribution in [0.15, 0.2) is 65.3 Å². The van der Waals surface area contributed by atoms with Crippen LogP contribution >= 0.6 is 15.9 Å². The smallest absolute Gasteiger partial charge is 0.263 e. The van der Waals surface area contributed by atoms with Crippen molar-refractivity contribution >= 4 is 27.7 Å². The first-order valence-corrected chi connectivity index (χ1v) is 8.63. The predicted molar refractivity (Wildman–Crippen MR) is 101 cm³/mol. The number of nitrogens with one attached hydrogen (secondary N) is 1. The molecule has 7 heteroatoms. The van der Waals surface area contributed by atoms with Crippen LogP contribution in [0.3, 0.4) is 0 Å². The Labute approximate surface area is 159 Å². The zero-order chi connectivity index (χ0) is 18.4. The molecule has 3 aromatic rings. The number of carbonyl (C=O) groups is 1. The summed E-state index contributed by atoms with van der Waals surface area (Å²) < 4.78 is 8.14. The van der Waals surface area contributed by atoms with Crippen LogP contribution in [0.2, 0.25) is 0 Å². The number of halogens is 1. The third kappa shape index (κ3) is 4.49. The molecule has 0 unspecified atom stereocenters. The number of hydrogen-bond donors (Lipinski definition) is 1. The van der Waals surface area contributed by atoms with Crippen molar-refractivity contribution in [2.45, 2.75) is 6.54 Å². The minimum atomic E-state index is -0.324. The Kier molecular flexibility index (Phi) is 5.66. The molecule has 0 radical (unpaired) electrons. The lowest BCUT2D eigenvalue weighted by Crippen LogP contribution is -2.22. The fourth-order valence-electron chi connectivity index (χ4n) is 2.33. The van der Waals surface area contributed by atoms with Crippen molar-refractivity contribution in [1.82, 2.24) is 9.78 Å². The van der Waals surface area contributed by atoms with E-state index in [0.717, 1.165) is 10.0 Å². The first kappa shape index (κ1) is 17.7. The molecule has 1 aromatic heterocycles. The van der Waals surface area contributed by atoms with E-state index in [4.69, 9.17) is 10.00 Å². The first-order chi connectivity index (χ1) is 12.7. The van der Waals surface area contributed by atoms with Crippen LogP contribution in [0.1, 0.15) is 11.1 Å². The van der Waals surface area contributed by atoms with Gasteiger partial charge in [0.1, 0.15) is 17.6 Å². The monoisotopic (exact) mass is 410 g/mol. The lowest BCUT2D eigenvalue weighted by atomic mass is 10.2. The van der Waals surface area contributed by atoms with Gasteiger partial charge >= 0.3 is 0 Å². The lowest BCUT2D eigenvalue weighted by molar-refractivity contribution is -0.118.